The zero-order chi connectivity index (χ0) is 13.6. The summed E-state index contributed by atoms with van der Waals surface area (Å²) in [6, 6.07) is 5.22. The topological polar surface area (TPSA) is 65.8 Å². The Kier molecular flexibility index (Phi) is 2.66. The number of nitrogens with one attached hydrogen (secondary N) is 1. The summed E-state index contributed by atoms with van der Waals surface area (Å²) in [5.74, 6) is 0.405. The van der Waals surface area contributed by atoms with Crippen molar-refractivity contribution >= 4 is 11.7 Å². The molecule has 94 valence electrons. The molecule has 1 amide bonds. The molecule has 0 spiro atoms. The molecule has 1 fully saturated rings. The molecule has 1 aliphatic carbocycles. The maximum atomic E-state index is 12.2. The molecular formula is C14H17N3O. The van der Waals surface area contributed by atoms with E-state index in [4.69, 9.17) is 5.26 Å². The Morgan fingerprint density at radius 3 is 2.50 bits per heavy atom. The van der Waals surface area contributed by atoms with E-state index in [2.05, 4.69) is 38.0 Å². The molecule has 0 unspecified atom stereocenters. The van der Waals surface area contributed by atoms with E-state index in [9.17, 15) is 4.79 Å². The van der Waals surface area contributed by atoms with Crippen LogP contribution in [0.3, 0.4) is 0 Å². The number of nitriles is 1. The van der Waals surface area contributed by atoms with Crippen LogP contribution in [0.1, 0.15) is 33.3 Å². The maximum Gasteiger partial charge on any atom is 0.229 e. The Bertz CT molecular complexity index is 526. The first-order valence-corrected chi connectivity index (χ1v) is 5.97. The van der Waals surface area contributed by atoms with Gasteiger partial charge in [0.05, 0.1) is 11.6 Å². The summed E-state index contributed by atoms with van der Waals surface area (Å²) in [6.07, 6.45) is 1.53. The van der Waals surface area contributed by atoms with Crippen LogP contribution in [0.15, 0.2) is 18.3 Å². The maximum absolute atomic E-state index is 12.2. The first kappa shape index (κ1) is 12.6. The zero-order valence-corrected chi connectivity index (χ0v) is 11.1. The van der Waals surface area contributed by atoms with Gasteiger partial charge < -0.3 is 5.32 Å². The van der Waals surface area contributed by atoms with E-state index in [-0.39, 0.29) is 22.7 Å². The van der Waals surface area contributed by atoms with E-state index in [1.54, 1.807) is 12.1 Å². The van der Waals surface area contributed by atoms with Crippen molar-refractivity contribution in [2.24, 2.45) is 16.7 Å². The van der Waals surface area contributed by atoms with Crippen molar-refractivity contribution in [3.8, 4) is 6.07 Å². The number of pyridine rings is 1. The third kappa shape index (κ3) is 1.76. The van der Waals surface area contributed by atoms with Gasteiger partial charge in [-0.25, -0.2) is 4.98 Å². The largest absolute Gasteiger partial charge is 0.310 e. The third-order valence-electron chi connectivity index (χ3n) is 4.42. The van der Waals surface area contributed by atoms with Gasteiger partial charge in [-0.2, -0.15) is 5.26 Å². The molecule has 0 aromatic carbocycles. The fourth-order valence-electron chi connectivity index (χ4n) is 2.62. The average molecular weight is 243 g/mol. The molecule has 0 radical (unpaired) electrons. The van der Waals surface area contributed by atoms with Crippen LogP contribution in [0.4, 0.5) is 5.82 Å². The van der Waals surface area contributed by atoms with Crippen molar-refractivity contribution in [2.75, 3.05) is 5.32 Å². The molecule has 1 aromatic heterocycles. The van der Waals surface area contributed by atoms with Crippen LogP contribution in [-0.2, 0) is 4.79 Å². The summed E-state index contributed by atoms with van der Waals surface area (Å²) in [5, 5.41) is 11.6. The fourth-order valence-corrected chi connectivity index (χ4v) is 2.62. The molecule has 0 atom stereocenters. The van der Waals surface area contributed by atoms with Gasteiger partial charge in [0.15, 0.2) is 0 Å². The standard InChI is InChI=1S/C14H17N3O/c1-13(2)11(14(13,3)4)12(18)17-10-7-9(8-15)5-6-16-10/h5-7,11H,1-4H3,(H,16,17,18). The lowest BCUT2D eigenvalue weighted by Crippen LogP contribution is -2.18. The number of hydrogen-bond donors (Lipinski definition) is 1. The number of rotatable bonds is 2. The molecule has 1 N–H and O–H groups in total. The lowest BCUT2D eigenvalue weighted by molar-refractivity contribution is -0.118. The number of amides is 1. The Morgan fingerprint density at radius 1 is 1.39 bits per heavy atom. The smallest absolute Gasteiger partial charge is 0.229 e. The van der Waals surface area contributed by atoms with Crippen molar-refractivity contribution in [3.63, 3.8) is 0 Å². The predicted molar refractivity (Wildman–Crippen MR) is 68.6 cm³/mol. The van der Waals surface area contributed by atoms with Gasteiger partial charge >= 0.3 is 0 Å². The van der Waals surface area contributed by atoms with Gasteiger partial charge in [0.25, 0.3) is 0 Å². The van der Waals surface area contributed by atoms with Gasteiger partial charge in [-0.1, -0.05) is 27.7 Å². The van der Waals surface area contributed by atoms with E-state index in [0.717, 1.165) is 0 Å². The quantitative estimate of drug-likeness (QED) is 0.868. The van der Waals surface area contributed by atoms with Crippen molar-refractivity contribution in [1.29, 1.82) is 5.26 Å². The van der Waals surface area contributed by atoms with E-state index < -0.39 is 0 Å². The minimum atomic E-state index is -0.0208. The van der Waals surface area contributed by atoms with Crippen LogP contribution in [-0.4, -0.2) is 10.9 Å². The second-order valence-corrected chi connectivity index (χ2v) is 5.91. The van der Waals surface area contributed by atoms with Gasteiger partial charge in [0.2, 0.25) is 5.91 Å². The summed E-state index contributed by atoms with van der Waals surface area (Å²) in [4.78, 5) is 16.2. The first-order valence-electron chi connectivity index (χ1n) is 5.97. The first-order chi connectivity index (χ1) is 8.30. The Labute approximate surface area is 107 Å². The molecule has 1 aliphatic rings. The van der Waals surface area contributed by atoms with E-state index in [0.29, 0.717) is 11.4 Å². The molecule has 0 aliphatic heterocycles. The number of carbonyl (C=O) groups is 1. The highest BCUT2D eigenvalue weighted by molar-refractivity contribution is 5.95. The van der Waals surface area contributed by atoms with E-state index in [1.807, 2.05) is 6.07 Å². The van der Waals surface area contributed by atoms with E-state index in [1.165, 1.54) is 6.20 Å². The molecular weight excluding hydrogens is 226 g/mol. The van der Waals surface area contributed by atoms with Crippen LogP contribution in [0.5, 0.6) is 0 Å². The van der Waals surface area contributed by atoms with Crippen LogP contribution in [0, 0.1) is 28.1 Å². The van der Waals surface area contributed by atoms with Gasteiger partial charge in [0, 0.05) is 12.1 Å². The monoisotopic (exact) mass is 243 g/mol. The number of anilines is 1. The van der Waals surface area contributed by atoms with Gasteiger partial charge in [-0.3, -0.25) is 4.79 Å². The molecule has 0 bridgehead atoms. The number of hydrogen-bond acceptors (Lipinski definition) is 3. The minimum absolute atomic E-state index is 0.00389. The molecule has 1 aromatic rings. The molecule has 4 heteroatoms. The average Bonchev–Trinajstić information content (AvgIpc) is 2.69. The Balaban J connectivity index is 2.12. The van der Waals surface area contributed by atoms with Gasteiger partial charge in [-0.05, 0) is 23.0 Å². The molecule has 18 heavy (non-hydrogen) atoms. The normalized spacial score (nSPS) is 19.9. The molecule has 2 rings (SSSR count). The van der Waals surface area contributed by atoms with Crippen LogP contribution < -0.4 is 5.32 Å². The predicted octanol–water partition coefficient (Wildman–Crippen LogP) is 2.57. The number of carbonyl (C=O) groups excluding carboxylic acids is 1. The van der Waals surface area contributed by atoms with Crippen LogP contribution >= 0.6 is 0 Å². The van der Waals surface area contributed by atoms with Gasteiger partial charge in [-0.15, -0.1) is 0 Å². The molecule has 1 saturated carbocycles. The van der Waals surface area contributed by atoms with Crippen molar-refractivity contribution in [2.45, 2.75) is 27.7 Å². The summed E-state index contributed by atoms with van der Waals surface area (Å²) in [6.45, 7) is 8.37. The van der Waals surface area contributed by atoms with E-state index >= 15 is 0 Å². The lowest BCUT2D eigenvalue weighted by Gasteiger charge is -2.05. The van der Waals surface area contributed by atoms with Gasteiger partial charge in [0.1, 0.15) is 5.82 Å². The van der Waals surface area contributed by atoms with Crippen LogP contribution in [0.25, 0.3) is 0 Å². The Morgan fingerprint density at radius 2 is 2.00 bits per heavy atom. The highest BCUT2D eigenvalue weighted by atomic mass is 16.2. The molecule has 0 saturated heterocycles. The highest BCUT2D eigenvalue weighted by Crippen LogP contribution is 2.68. The summed E-state index contributed by atoms with van der Waals surface area (Å²) in [7, 11) is 0. The zero-order valence-electron chi connectivity index (χ0n) is 11.1. The fraction of sp³-hybridized carbons (Fsp3) is 0.500. The molecule has 1 heterocycles. The third-order valence-corrected chi connectivity index (χ3v) is 4.42. The SMILES string of the molecule is CC1(C)C(C(=O)Nc2cc(C#N)ccn2)C1(C)C. The molecule has 4 nitrogen and oxygen atoms in total. The number of nitrogens with zero attached hydrogens (tertiary/aromatic N) is 2. The minimum Gasteiger partial charge on any atom is -0.310 e. The van der Waals surface area contributed by atoms with Crippen molar-refractivity contribution in [1.82, 2.24) is 4.98 Å². The summed E-state index contributed by atoms with van der Waals surface area (Å²) in [5.41, 5.74) is 0.503. The van der Waals surface area contributed by atoms with Crippen molar-refractivity contribution < 1.29 is 4.79 Å². The number of aromatic nitrogens is 1. The van der Waals surface area contributed by atoms with Crippen molar-refractivity contribution in [3.05, 3.63) is 23.9 Å². The lowest BCUT2D eigenvalue weighted by atomic mass is 10.0. The summed E-state index contributed by atoms with van der Waals surface area (Å²) >= 11 is 0. The highest BCUT2D eigenvalue weighted by Gasteiger charge is 2.68. The van der Waals surface area contributed by atoms with Crippen LogP contribution in [0.2, 0.25) is 0 Å². The summed E-state index contributed by atoms with van der Waals surface area (Å²) < 4.78 is 0. The second-order valence-electron chi connectivity index (χ2n) is 5.91. The Hall–Kier alpha value is -1.89. The second kappa shape index (κ2) is 3.81.